The summed E-state index contributed by atoms with van der Waals surface area (Å²) in [5.41, 5.74) is 0.812. The van der Waals surface area contributed by atoms with E-state index in [0.29, 0.717) is 28.2 Å². The molecule has 0 aliphatic carbocycles. The van der Waals surface area contributed by atoms with Gasteiger partial charge in [-0.1, -0.05) is 35.3 Å². The van der Waals surface area contributed by atoms with Gasteiger partial charge in [0.2, 0.25) is 0 Å². The van der Waals surface area contributed by atoms with E-state index in [1.165, 1.54) is 0 Å². The van der Waals surface area contributed by atoms with Crippen molar-refractivity contribution >= 4 is 34.9 Å². The van der Waals surface area contributed by atoms with Gasteiger partial charge in [0.25, 0.3) is 5.91 Å². The van der Waals surface area contributed by atoms with Crippen LogP contribution < -0.4 is 5.32 Å². The number of furan rings is 1. The topological polar surface area (TPSA) is 60.1 Å². The first kappa shape index (κ1) is 15.6. The fourth-order valence-corrected chi connectivity index (χ4v) is 2.51. The van der Waals surface area contributed by atoms with Gasteiger partial charge in [0, 0.05) is 6.07 Å². The quantitative estimate of drug-likeness (QED) is 0.759. The number of benzene rings is 1. The minimum Gasteiger partial charge on any atom is -0.456 e. The molecule has 0 bridgehead atoms. The number of carbonyl (C=O) groups excluding carboxylic acids is 1. The molecular weight excluding hydrogens is 337 g/mol. The van der Waals surface area contributed by atoms with Crippen LogP contribution in [0.25, 0.3) is 0 Å². The van der Waals surface area contributed by atoms with Crippen LogP contribution in [-0.4, -0.2) is 15.7 Å². The van der Waals surface area contributed by atoms with Gasteiger partial charge in [0.15, 0.2) is 5.76 Å². The lowest BCUT2D eigenvalue weighted by Crippen LogP contribution is -2.15. The molecule has 0 saturated carbocycles. The SMILES string of the molecule is Cc1ccc(C(=O)Nc2ccnn2Cc2cccc(Cl)c2Cl)o1. The fourth-order valence-electron chi connectivity index (χ4n) is 2.13. The van der Waals surface area contributed by atoms with E-state index in [-0.39, 0.29) is 11.7 Å². The number of carbonyl (C=O) groups is 1. The lowest BCUT2D eigenvalue weighted by atomic mass is 10.2. The number of nitrogens with one attached hydrogen (secondary N) is 1. The number of nitrogens with zero attached hydrogens (tertiary/aromatic N) is 2. The predicted molar refractivity (Wildman–Crippen MR) is 89.2 cm³/mol. The van der Waals surface area contributed by atoms with Crippen LogP contribution in [0.2, 0.25) is 10.0 Å². The van der Waals surface area contributed by atoms with Crippen molar-refractivity contribution in [2.75, 3.05) is 5.32 Å². The molecule has 5 nitrogen and oxygen atoms in total. The number of halogens is 2. The summed E-state index contributed by atoms with van der Waals surface area (Å²) in [7, 11) is 0. The second kappa shape index (κ2) is 6.48. The average molecular weight is 350 g/mol. The third-order valence-electron chi connectivity index (χ3n) is 3.27. The molecule has 23 heavy (non-hydrogen) atoms. The second-order valence-electron chi connectivity index (χ2n) is 4.95. The Hall–Kier alpha value is -2.24. The van der Waals surface area contributed by atoms with Gasteiger partial charge in [-0.25, -0.2) is 4.68 Å². The Morgan fingerprint density at radius 3 is 2.83 bits per heavy atom. The zero-order valence-corrected chi connectivity index (χ0v) is 13.7. The Kier molecular flexibility index (Phi) is 4.41. The molecule has 7 heteroatoms. The molecule has 3 aromatic rings. The summed E-state index contributed by atoms with van der Waals surface area (Å²) in [6.45, 7) is 2.17. The zero-order valence-electron chi connectivity index (χ0n) is 12.2. The van der Waals surface area contributed by atoms with Crippen LogP contribution in [0, 0.1) is 6.92 Å². The molecule has 1 aromatic carbocycles. The highest BCUT2D eigenvalue weighted by Gasteiger charge is 2.14. The normalized spacial score (nSPS) is 10.7. The van der Waals surface area contributed by atoms with Crippen LogP contribution in [0.3, 0.4) is 0 Å². The maximum atomic E-state index is 12.2. The van der Waals surface area contributed by atoms with E-state index in [1.54, 1.807) is 42.1 Å². The van der Waals surface area contributed by atoms with Crippen molar-refractivity contribution in [2.24, 2.45) is 0 Å². The van der Waals surface area contributed by atoms with Crippen LogP contribution in [0.1, 0.15) is 21.9 Å². The Bertz CT molecular complexity index is 855. The molecule has 118 valence electrons. The van der Waals surface area contributed by atoms with Crippen molar-refractivity contribution in [1.29, 1.82) is 0 Å². The highest BCUT2D eigenvalue weighted by molar-refractivity contribution is 6.42. The molecule has 2 aromatic heterocycles. The highest BCUT2D eigenvalue weighted by atomic mass is 35.5. The van der Waals surface area contributed by atoms with Crippen molar-refractivity contribution in [3.8, 4) is 0 Å². The molecule has 1 amide bonds. The molecule has 0 fully saturated rings. The molecule has 2 heterocycles. The van der Waals surface area contributed by atoms with Crippen LogP contribution in [-0.2, 0) is 6.54 Å². The fraction of sp³-hybridized carbons (Fsp3) is 0.125. The number of anilines is 1. The van der Waals surface area contributed by atoms with Crippen LogP contribution in [0.15, 0.2) is 47.0 Å². The summed E-state index contributed by atoms with van der Waals surface area (Å²) >= 11 is 12.2. The molecule has 0 saturated heterocycles. The summed E-state index contributed by atoms with van der Waals surface area (Å²) in [6, 6.07) is 10.5. The van der Waals surface area contributed by atoms with Gasteiger partial charge >= 0.3 is 0 Å². The largest absolute Gasteiger partial charge is 0.456 e. The van der Waals surface area contributed by atoms with E-state index in [0.717, 1.165) is 5.56 Å². The minimum atomic E-state index is -0.336. The van der Waals surface area contributed by atoms with Crippen LogP contribution in [0.5, 0.6) is 0 Å². The lowest BCUT2D eigenvalue weighted by molar-refractivity contribution is 0.0994. The number of aromatic nitrogens is 2. The Morgan fingerprint density at radius 2 is 2.09 bits per heavy atom. The van der Waals surface area contributed by atoms with Gasteiger partial charge in [0.1, 0.15) is 11.6 Å². The maximum absolute atomic E-state index is 12.2. The van der Waals surface area contributed by atoms with Gasteiger partial charge in [-0.3, -0.25) is 4.79 Å². The van der Waals surface area contributed by atoms with Crippen molar-refractivity contribution in [2.45, 2.75) is 13.5 Å². The average Bonchev–Trinajstić information content (AvgIpc) is 3.13. The Balaban J connectivity index is 1.80. The Morgan fingerprint density at radius 1 is 1.26 bits per heavy atom. The zero-order chi connectivity index (χ0) is 16.4. The smallest absolute Gasteiger partial charge is 0.292 e. The number of rotatable bonds is 4. The molecule has 0 spiro atoms. The second-order valence-corrected chi connectivity index (χ2v) is 5.74. The summed E-state index contributed by atoms with van der Waals surface area (Å²) in [6.07, 6.45) is 1.60. The van der Waals surface area contributed by atoms with E-state index in [1.807, 2.05) is 12.1 Å². The third kappa shape index (κ3) is 3.41. The third-order valence-corrected chi connectivity index (χ3v) is 4.13. The van der Waals surface area contributed by atoms with E-state index in [4.69, 9.17) is 27.6 Å². The molecule has 0 unspecified atom stereocenters. The van der Waals surface area contributed by atoms with E-state index >= 15 is 0 Å². The number of amides is 1. The first-order chi connectivity index (χ1) is 11.0. The van der Waals surface area contributed by atoms with Crippen LogP contribution in [0.4, 0.5) is 5.82 Å². The first-order valence-electron chi connectivity index (χ1n) is 6.87. The van der Waals surface area contributed by atoms with E-state index in [9.17, 15) is 4.79 Å². The molecule has 3 rings (SSSR count). The van der Waals surface area contributed by atoms with Crippen molar-refractivity contribution in [1.82, 2.24) is 9.78 Å². The van der Waals surface area contributed by atoms with Crippen molar-refractivity contribution < 1.29 is 9.21 Å². The monoisotopic (exact) mass is 349 g/mol. The molecular formula is C16H13Cl2N3O2. The molecule has 0 radical (unpaired) electrons. The van der Waals surface area contributed by atoms with Gasteiger partial charge in [-0.05, 0) is 30.7 Å². The van der Waals surface area contributed by atoms with Gasteiger partial charge in [0.05, 0.1) is 22.8 Å². The highest BCUT2D eigenvalue weighted by Crippen LogP contribution is 2.26. The number of hydrogen-bond donors (Lipinski definition) is 1. The molecule has 0 aliphatic rings. The van der Waals surface area contributed by atoms with Crippen molar-refractivity contribution in [3.63, 3.8) is 0 Å². The summed E-state index contributed by atoms with van der Waals surface area (Å²) in [4.78, 5) is 12.2. The van der Waals surface area contributed by atoms with Gasteiger partial charge in [-0.2, -0.15) is 5.10 Å². The lowest BCUT2D eigenvalue weighted by Gasteiger charge is -2.10. The number of aryl methyl sites for hydroxylation is 1. The van der Waals surface area contributed by atoms with Crippen molar-refractivity contribution in [3.05, 3.63) is 69.7 Å². The Labute approximate surface area is 142 Å². The molecule has 0 aliphatic heterocycles. The standard InChI is InChI=1S/C16H13Cl2N3O2/c1-10-5-6-13(23-10)16(22)20-14-7-8-19-21(14)9-11-3-2-4-12(17)15(11)18/h2-8H,9H2,1H3,(H,20,22). The number of hydrogen-bond acceptors (Lipinski definition) is 3. The summed E-state index contributed by atoms with van der Waals surface area (Å²) < 4.78 is 6.94. The van der Waals surface area contributed by atoms with E-state index in [2.05, 4.69) is 10.4 Å². The molecule has 1 N–H and O–H groups in total. The predicted octanol–water partition coefficient (Wildman–Crippen LogP) is 4.39. The molecule has 0 atom stereocenters. The minimum absolute atomic E-state index is 0.246. The van der Waals surface area contributed by atoms with E-state index < -0.39 is 0 Å². The first-order valence-corrected chi connectivity index (χ1v) is 7.62. The van der Waals surface area contributed by atoms with Crippen LogP contribution >= 0.6 is 23.2 Å². The maximum Gasteiger partial charge on any atom is 0.292 e. The van der Waals surface area contributed by atoms with Gasteiger partial charge in [-0.15, -0.1) is 0 Å². The summed E-state index contributed by atoms with van der Waals surface area (Å²) in [5.74, 6) is 1.13. The summed E-state index contributed by atoms with van der Waals surface area (Å²) in [5, 5.41) is 7.93. The van der Waals surface area contributed by atoms with Gasteiger partial charge < -0.3 is 9.73 Å².